The first-order chi connectivity index (χ1) is 9.85. The maximum absolute atomic E-state index is 5.17. The van der Waals surface area contributed by atoms with Gasteiger partial charge in [-0.15, -0.1) is 0 Å². The van der Waals surface area contributed by atoms with Gasteiger partial charge < -0.3 is 15.0 Å². The number of allylic oxidation sites excluding steroid dienone is 2. The van der Waals surface area contributed by atoms with E-state index >= 15 is 0 Å². The van der Waals surface area contributed by atoms with Crippen LogP contribution in [-0.4, -0.2) is 23.8 Å². The highest BCUT2D eigenvalue weighted by molar-refractivity contribution is 6.10. The molecule has 0 unspecified atom stereocenters. The molecule has 0 radical (unpaired) electrons. The summed E-state index contributed by atoms with van der Waals surface area (Å²) in [7, 11) is 1.67. The number of hydrogen-bond acceptors (Lipinski definition) is 3. The van der Waals surface area contributed by atoms with Gasteiger partial charge in [-0.3, -0.25) is 0 Å². The first-order valence-electron chi connectivity index (χ1n) is 7.31. The molecule has 0 amide bonds. The molecule has 0 bridgehead atoms. The van der Waals surface area contributed by atoms with Crippen molar-refractivity contribution in [3.8, 4) is 5.75 Å². The summed E-state index contributed by atoms with van der Waals surface area (Å²) in [6.07, 6.45) is 14.6. The van der Waals surface area contributed by atoms with E-state index in [1.54, 1.807) is 7.11 Å². The van der Waals surface area contributed by atoms with Crippen LogP contribution in [0.25, 0.3) is 0 Å². The molecule has 1 aromatic rings. The normalized spacial score (nSPS) is 21.2. The molecule has 0 aromatic carbocycles. The average molecular weight is 271 g/mol. The van der Waals surface area contributed by atoms with Crippen molar-refractivity contribution in [3.63, 3.8) is 0 Å². The molecule has 1 aliphatic heterocycles. The van der Waals surface area contributed by atoms with E-state index in [1.807, 2.05) is 30.6 Å². The number of aliphatic imine (C=N–C) groups is 1. The highest BCUT2D eigenvalue weighted by Gasteiger charge is 2.13. The molecule has 2 heterocycles. The van der Waals surface area contributed by atoms with Gasteiger partial charge in [-0.1, -0.05) is 19.3 Å². The van der Waals surface area contributed by atoms with E-state index in [2.05, 4.69) is 15.3 Å². The van der Waals surface area contributed by atoms with E-state index in [0.29, 0.717) is 6.04 Å². The van der Waals surface area contributed by atoms with Gasteiger partial charge in [0, 0.05) is 24.5 Å². The minimum absolute atomic E-state index is 0.620. The van der Waals surface area contributed by atoms with E-state index in [4.69, 9.17) is 4.74 Å². The fraction of sp³-hybridized carbons (Fsp3) is 0.438. The van der Waals surface area contributed by atoms with Crippen molar-refractivity contribution < 1.29 is 4.74 Å². The van der Waals surface area contributed by atoms with Crippen molar-refractivity contribution in [2.24, 2.45) is 4.99 Å². The average Bonchev–Trinajstić information content (AvgIpc) is 3.15. The van der Waals surface area contributed by atoms with Gasteiger partial charge in [0.05, 0.1) is 24.2 Å². The van der Waals surface area contributed by atoms with E-state index in [0.717, 1.165) is 22.9 Å². The topological polar surface area (TPSA) is 49.4 Å². The molecule has 3 rings (SSSR count). The lowest BCUT2D eigenvalue weighted by molar-refractivity contribution is 0.404. The number of rotatable bonds is 4. The number of nitrogens with zero attached hydrogens (tertiary/aromatic N) is 1. The number of H-pyrrole nitrogens is 1. The van der Waals surface area contributed by atoms with Crippen molar-refractivity contribution in [3.05, 3.63) is 42.0 Å². The Balaban J connectivity index is 1.63. The largest absolute Gasteiger partial charge is 0.495 e. The Morgan fingerprint density at radius 2 is 2.15 bits per heavy atom. The maximum atomic E-state index is 5.17. The van der Waals surface area contributed by atoms with Crippen LogP contribution in [0.4, 0.5) is 0 Å². The SMILES string of the molecule is COc1c[nH]c(C2=N/C(=C/NC3CCCCC3)C=C2)c1. The zero-order valence-electron chi connectivity index (χ0n) is 11.9. The third kappa shape index (κ3) is 2.95. The summed E-state index contributed by atoms with van der Waals surface area (Å²) >= 11 is 0. The van der Waals surface area contributed by atoms with Crippen LogP contribution in [0.3, 0.4) is 0 Å². The van der Waals surface area contributed by atoms with Crippen molar-refractivity contribution in [1.82, 2.24) is 10.3 Å². The van der Waals surface area contributed by atoms with Gasteiger partial charge in [0.25, 0.3) is 0 Å². The Morgan fingerprint density at radius 1 is 1.30 bits per heavy atom. The van der Waals surface area contributed by atoms with Crippen molar-refractivity contribution in [1.29, 1.82) is 0 Å². The number of hydrogen-bond donors (Lipinski definition) is 2. The fourth-order valence-corrected chi connectivity index (χ4v) is 2.72. The van der Waals surface area contributed by atoms with Crippen LogP contribution in [-0.2, 0) is 0 Å². The summed E-state index contributed by atoms with van der Waals surface area (Å²) in [4.78, 5) is 7.78. The van der Waals surface area contributed by atoms with Crippen molar-refractivity contribution in [2.45, 2.75) is 38.1 Å². The molecule has 1 aliphatic carbocycles. The molecule has 0 atom stereocenters. The van der Waals surface area contributed by atoms with Crippen LogP contribution in [0.15, 0.2) is 41.3 Å². The van der Waals surface area contributed by atoms with Gasteiger partial charge in [-0.25, -0.2) is 4.99 Å². The standard InChI is InChI=1S/C16H21N3O/c1-20-14-9-16(18-11-14)15-8-7-13(19-15)10-17-12-5-3-2-4-6-12/h7-12,17-18H,2-6H2,1H3/b13-10+. The molecular formula is C16H21N3O. The minimum atomic E-state index is 0.620. The lowest BCUT2D eigenvalue weighted by Gasteiger charge is -2.21. The van der Waals surface area contributed by atoms with E-state index in [1.165, 1.54) is 32.1 Å². The van der Waals surface area contributed by atoms with Gasteiger partial charge in [0.2, 0.25) is 0 Å². The zero-order chi connectivity index (χ0) is 13.8. The van der Waals surface area contributed by atoms with E-state index in [9.17, 15) is 0 Å². The van der Waals surface area contributed by atoms with Gasteiger partial charge in [-0.05, 0) is 25.0 Å². The van der Waals surface area contributed by atoms with Crippen molar-refractivity contribution >= 4 is 5.71 Å². The van der Waals surface area contributed by atoms with Gasteiger partial charge in [0.1, 0.15) is 5.75 Å². The van der Waals surface area contributed by atoms with Gasteiger partial charge in [0.15, 0.2) is 0 Å². The third-order valence-electron chi connectivity index (χ3n) is 3.90. The van der Waals surface area contributed by atoms with Crippen LogP contribution in [0.1, 0.15) is 37.8 Å². The summed E-state index contributed by atoms with van der Waals surface area (Å²) < 4.78 is 5.17. The van der Waals surface area contributed by atoms with Gasteiger partial charge in [-0.2, -0.15) is 0 Å². The number of aromatic nitrogens is 1. The molecule has 1 fully saturated rings. The number of ether oxygens (including phenoxy) is 1. The van der Waals surface area contributed by atoms with Crippen molar-refractivity contribution in [2.75, 3.05) is 7.11 Å². The summed E-state index contributed by atoms with van der Waals surface area (Å²) in [5, 5.41) is 3.50. The molecule has 1 saturated carbocycles. The minimum Gasteiger partial charge on any atom is -0.495 e. The second-order valence-electron chi connectivity index (χ2n) is 5.35. The zero-order valence-corrected chi connectivity index (χ0v) is 11.9. The van der Waals surface area contributed by atoms with Crippen LogP contribution < -0.4 is 10.1 Å². The highest BCUT2D eigenvalue weighted by atomic mass is 16.5. The van der Waals surface area contributed by atoms with Crippen LogP contribution >= 0.6 is 0 Å². The molecule has 4 nitrogen and oxygen atoms in total. The molecule has 20 heavy (non-hydrogen) atoms. The van der Waals surface area contributed by atoms with Crippen LogP contribution in [0.5, 0.6) is 5.75 Å². The third-order valence-corrected chi connectivity index (χ3v) is 3.90. The molecule has 2 aliphatic rings. The first kappa shape index (κ1) is 13.0. The number of methoxy groups -OCH3 is 1. The van der Waals surface area contributed by atoms with Crippen LogP contribution in [0, 0.1) is 0 Å². The predicted octanol–water partition coefficient (Wildman–Crippen LogP) is 3.15. The smallest absolute Gasteiger partial charge is 0.136 e. The summed E-state index contributed by atoms with van der Waals surface area (Å²) in [5.74, 6) is 0.828. The Morgan fingerprint density at radius 3 is 2.90 bits per heavy atom. The Labute approximate surface area is 119 Å². The lowest BCUT2D eigenvalue weighted by Crippen LogP contribution is -2.26. The molecular weight excluding hydrogens is 250 g/mol. The second-order valence-corrected chi connectivity index (χ2v) is 5.35. The van der Waals surface area contributed by atoms with Gasteiger partial charge >= 0.3 is 0 Å². The summed E-state index contributed by atoms with van der Waals surface area (Å²) in [5.41, 5.74) is 2.92. The van der Waals surface area contributed by atoms with Crippen LogP contribution in [0.2, 0.25) is 0 Å². The first-order valence-corrected chi connectivity index (χ1v) is 7.31. The fourth-order valence-electron chi connectivity index (χ4n) is 2.72. The maximum Gasteiger partial charge on any atom is 0.136 e. The number of aromatic amines is 1. The molecule has 0 spiro atoms. The summed E-state index contributed by atoms with van der Waals surface area (Å²) in [6, 6.07) is 2.58. The number of nitrogens with one attached hydrogen (secondary N) is 2. The van der Waals surface area contributed by atoms with E-state index < -0.39 is 0 Å². The molecule has 4 heteroatoms. The Bertz CT molecular complexity index is 548. The Hall–Kier alpha value is -1.97. The quantitative estimate of drug-likeness (QED) is 0.884. The molecule has 1 aromatic heterocycles. The monoisotopic (exact) mass is 271 g/mol. The second kappa shape index (κ2) is 5.99. The Kier molecular flexibility index (Phi) is 3.90. The highest BCUT2D eigenvalue weighted by Crippen LogP contribution is 2.19. The summed E-state index contributed by atoms with van der Waals surface area (Å²) in [6.45, 7) is 0. The molecule has 0 saturated heterocycles. The lowest BCUT2D eigenvalue weighted by atomic mass is 9.96. The molecule has 106 valence electrons. The predicted molar refractivity (Wildman–Crippen MR) is 81.1 cm³/mol. The molecule has 2 N–H and O–H groups in total. The van der Waals surface area contributed by atoms with E-state index in [-0.39, 0.29) is 0 Å².